The van der Waals surface area contributed by atoms with Crippen LogP contribution in [0.4, 0.5) is 18.0 Å². The van der Waals surface area contributed by atoms with Crippen LogP contribution in [0, 0.1) is 17.5 Å². The van der Waals surface area contributed by atoms with E-state index in [0.717, 1.165) is 47.2 Å². The van der Waals surface area contributed by atoms with E-state index >= 15 is 0 Å². The third-order valence-corrected chi connectivity index (χ3v) is 10.1. The molecule has 1 aliphatic carbocycles. The number of piperazine rings is 1. The van der Waals surface area contributed by atoms with E-state index in [2.05, 4.69) is 10.6 Å². The molecule has 2 unspecified atom stereocenters. The van der Waals surface area contributed by atoms with E-state index in [1.807, 2.05) is 53.4 Å². The number of hydrogen-bond donors (Lipinski definition) is 2. The van der Waals surface area contributed by atoms with Gasteiger partial charge in [-0.1, -0.05) is 54.1 Å². The third-order valence-electron chi connectivity index (χ3n) is 9.77. The Bertz CT molecular complexity index is 1840. The molecule has 3 amide bonds. The number of carbonyl (C=O) groups excluding carboxylic acids is 3. The van der Waals surface area contributed by atoms with Gasteiger partial charge in [0.1, 0.15) is 0 Å². The number of urea groups is 1. The molecule has 1 saturated heterocycles. The van der Waals surface area contributed by atoms with Crippen molar-refractivity contribution in [2.75, 3.05) is 32.8 Å². The summed E-state index contributed by atoms with van der Waals surface area (Å²) in [6, 6.07) is 16.3. The van der Waals surface area contributed by atoms with Crippen molar-refractivity contribution in [1.29, 1.82) is 0 Å². The van der Waals surface area contributed by atoms with Crippen molar-refractivity contribution in [3.8, 4) is 5.75 Å². The van der Waals surface area contributed by atoms with E-state index in [-0.39, 0.29) is 43.0 Å². The number of halogens is 4. The second kappa shape index (κ2) is 17.5. The molecule has 2 atom stereocenters. The Hall–Kier alpha value is -4.55. The third kappa shape index (κ3) is 9.52. The summed E-state index contributed by atoms with van der Waals surface area (Å²) in [6.45, 7) is 3.49. The van der Waals surface area contributed by atoms with Crippen molar-refractivity contribution in [3.05, 3.63) is 105 Å². The van der Waals surface area contributed by atoms with E-state index in [1.54, 1.807) is 11.8 Å². The number of fused-ring (bicyclic) bond motifs is 2. The molecule has 2 fully saturated rings. The fourth-order valence-corrected chi connectivity index (χ4v) is 7.18. The number of aryl methyl sites for hydroxylation is 1. The van der Waals surface area contributed by atoms with Crippen LogP contribution in [-0.2, 0) is 27.3 Å². The molecule has 282 valence electrons. The summed E-state index contributed by atoms with van der Waals surface area (Å²) < 4.78 is 51.7. The monoisotopic (exact) mass is 752 g/mol. The van der Waals surface area contributed by atoms with Crippen LogP contribution in [0.3, 0.4) is 0 Å². The average Bonchev–Trinajstić information content (AvgIpc) is 4.00. The zero-order valence-electron chi connectivity index (χ0n) is 29.6. The molecule has 2 N–H and O–H groups in total. The molecule has 3 aromatic rings. The molecule has 53 heavy (non-hydrogen) atoms. The molecular weight excluding hydrogens is 709 g/mol. The molecule has 3 aliphatic rings. The van der Waals surface area contributed by atoms with E-state index in [0.29, 0.717) is 69.1 Å². The standard InChI is InChI=1S/C40H44ClF3N4O5/c1-2-52-35(49)10-5-19-45-40(51)47-23-28-21-30(26-13-11-25(12-14-26)7-6-20-53-38-33(43)18-17-32(42)37(38)44)36(34(24-47)46-28)39(50)48(29-15-16-29)22-27-8-3-4-9-31(27)41/h3-4,8-9,11-14,17-18,28-29,34,46H,2,5-7,10,15-16,19-24H2,1H3,(H,45,51). The molecule has 9 nitrogen and oxygen atoms in total. The molecule has 2 heterocycles. The number of carbonyl (C=O) groups is 3. The number of hydrogen-bond acceptors (Lipinski definition) is 6. The van der Waals surface area contributed by atoms with E-state index in [4.69, 9.17) is 21.1 Å². The second-order valence-corrected chi connectivity index (χ2v) is 14.0. The zero-order valence-corrected chi connectivity index (χ0v) is 30.4. The van der Waals surface area contributed by atoms with Crippen molar-refractivity contribution in [1.82, 2.24) is 20.4 Å². The minimum atomic E-state index is -1.35. The Morgan fingerprint density at radius 3 is 2.47 bits per heavy atom. The summed E-state index contributed by atoms with van der Waals surface area (Å²) in [6.07, 6.45) is 3.99. The molecule has 13 heteroatoms. The Morgan fingerprint density at radius 1 is 0.981 bits per heavy atom. The van der Waals surface area contributed by atoms with Gasteiger partial charge in [-0.15, -0.1) is 0 Å². The lowest BCUT2D eigenvalue weighted by Crippen LogP contribution is -2.63. The highest BCUT2D eigenvalue weighted by Gasteiger charge is 2.43. The van der Waals surface area contributed by atoms with Gasteiger partial charge in [-0.05, 0) is 85.9 Å². The molecule has 3 aromatic carbocycles. The van der Waals surface area contributed by atoms with Gasteiger partial charge < -0.3 is 29.9 Å². The highest BCUT2D eigenvalue weighted by Crippen LogP contribution is 2.38. The van der Waals surface area contributed by atoms with Crippen LogP contribution in [0.5, 0.6) is 5.75 Å². The number of nitrogens with zero attached hydrogens (tertiary/aromatic N) is 2. The summed E-state index contributed by atoms with van der Waals surface area (Å²) in [5.41, 5.74) is 4.28. The molecule has 0 aromatic heterocycles. The van der Waals surface area contributed by atoms with Gasteiger partial charge in [0.15, 0.2) is 17.4 Å². The van der Waals surface area contributed by atoms with E-state index < -0.39 is 29.2 Å². The summed E-state index contributed by atoms with van der Waals surface area (Å²) in [4.78, 5) is 43.4. The highest BCUT2D eigenvalue weighted by molar-refractivity contribution is 6.31. The summed E-state index contributed by atoms with van der Waals surface area (Å²) >= 11 is 6.55. The van der Waals surface area contributed by atoms with Crippen molar-refractivity contribution in [3.63, 3.8) is 0 Å². The second-order valence-electron chi connectivity index (χ2n) is 13.6. The zero-order chi connectivity index (χ0) is 37.5. The fraction of sp³-hybridized carbons (Fsp3) is 0.425. The molecule has 0 spiro atoms. The van der Waals surface area contributed by atoms with Crippen LogP contribution in [0.25, 0.3) is 5.57 Å². The lowest BCUT2D eigenvalue weighted by molar-refractivity contribution is -0.143. The lowest BCUT2D eigenvalue weighted by atomic mass is 9.82. The first-order chi connectivity index (χ1) is 25.6. The van der Waals surface area contributed by atoms with Crippen molar-refractivity contribution in [2.24, 2.45) is 0 Å². The Morgan fingerprint density at radius 2 is 1.74 bits per heavy atom. The smallest absolute Gasteiger partial charge is 0.317 e. The maximum Gasteiger partial charge on any atom is 0.317 e. The van der Waals surface area contributed by atoms with Gasteiger partial charge in [0.05, 0.1) is 19.3 Å². The molecule has 6 rings (SSSR count). The molecule has 1 saturated carbocycles. The van der Waals surface area contributed by atoms with Gasteiger partial charge in [-0.3, -0.25) is 9.59 Å². The highest BCUT2D eigenvalue weighted by atomic mass is 35.5. The van der Waals surface area contributed by atoms with Crippen molar-refractivity contribution in [2.45, 2.75) is 76.5 Å². The van der Waals surface area contributed by atoms with Gasteiger partial charge in [-0.2, -0.15) is 4.39 Å². The summed E-state index contributed by atoms with van der Waals surface area (Å²) in [5, 5.41) is 7.14. The topological polar surface area (TPSA) is 100 Å². The van der Waals surface area contributed by atoms with E-state index in [1.165, 1.54) is 0 Å². The van der Waals surface area contributed by atoms with Crippen LogP contribution in [-0.4, -0.2) is 78.7 Å². The molecule has 2 aliphatic heterocycles. The Balaban J connectivity index is 1.19. The van der Waals surface area contributed by atoms with Crippen molar-refractivity contribution < 1.29 is 37.0 Å². The maximum atomic E-state index is 14.7. The summed E-state index contributed by atoms with van der Waals surface area (Å²) in [5.74, 6) is -4.59. The van der Waals surface area contributed by atoms with Crippen LogP contribution < -0.4 is 15.4 Å². The Labute approximate surface area is 312 Å². The lowest BCUT2D eigenvalue weighted by Gasteiger charge is -2.45. The number of nitrogens with one attached hydrogen (secondary N) is 2. The normalized spacial score (nSPS) is 18.1. The Kier molecular flexibility index (Phi) is 12.6. The van der Waals surface area contributed by atoms with Gasteiger partial charge in [0.2, 0.25) is 5.82 Å². The minimum absolute atomic E-state index is 0.00418. The number of rotatable bonds is 15. The number of esters is 1. The minimum Gasteiger partial charge on any atom is -0.488 e. The number of ether oxygens (including phenoxy) is 2. The first kappa shape index (κ1) is 38.2. The largest absolute Gasteiger partial charge is 0.488 e. The average molecular weight is 753 g/mol. The molecule has 2 bridgehead atoms. The van der Waals surface area contributed by atoms with Crippen LogP contribution in [0.1, 0.15) is 62.1 Å². The SMILES string of the molecule is CCOC(=O)CCCNC(=O)N1CC2CC(c3ccc(CCCOc4c(F)ccc(F)c4F)cc3)=C(C(=O)N(Cc3ccccc3Cl)C3CC3)C(C1)N2. The fourth-order valence-electron chi connectivity index (χ4n) is 6.99. The maximum absolute atomic E-state index is 14.7. The quantitative estimate of drug-likeness (QED) is 0.101. The predicted octanol–water partition coefficient (Wildman–Crippen LogP) is 6.81. The van der Waals surface area contributed by atoms with Gasteiger partial charge in [-0.25, -0.2) is 13.6 Å². The van der Waals surface area contributed by atoms with Crippen molar-refractivity contribution >= 4 is 35.1 Å². The number of benzene rings is 3. The van der Waals surface area contributed by atoms with Crippen LogP contribution in [0.15, 0.2) is 66.2 Å². The molecule has 0 radical (unpaired) electrons. The first-order valence-corrected chi connectivity index (χ1v) is 18.6. The first-order valence-electron chi connectivity index (χ1n) is 18.2. The van der Waals surface area contributed by atoms with Gasteiger partial charge in [0, 0.05) is 55.3 Å². The summed E-state index contributed by atoms with van der Waals surface area (Å²) in [7, 11) is 0. The van der Waals surface area contributed by atoms with Crippen LogP contribution >= 0.6 is 11.6 Å². The van der Waals surface area contributed by atoms with Gasteiger partial charge >= 0.3 is 12.0 Å². The van der Waals surface area contributed by atoms with Crippen LogP contribution in [0.2, 0.25) is 5.02 Å². The molecular formula is C40H44ClF3N4O5. The van der Waals surface area contributed by atoms with Gasteiger partial charge in [0.25, 0.3) is 5.91 Å². The number of amides is 3. The predicted molar refractivity (Wildman–Crippen MR) is 195 cm³/mol. The van der Waals surface area contributed by atoms with E-state index in [9.17, 15) is 27.6 Å².